The maximum atomic E-state index is 5.64. The summed E-state index contributed by atoms with van der Waals surface area (Å²) in [7, 11) is 1.83. The molecule has 3 nitrogen and oxygen atoms in total. The van der Waals surface area contributed by atoms with Crippen molar-refractivity contribution in [1.29, 1.82) is 0 Å². The Morgan fingerprint density at radius 1 is 1.38 bits per heavy atom. The summed E-state index contributed by atoms with van der Waals surface area (Å²) in [6.45, 7) is 6.82. The number of hydrogen-bond donors (Lipinski definition) is 2. The van der Waals surface area contributed by atoms with Crippen LogP contribution in [0, 0.1) is 5.41 Å². The van der Waals surface area contributed by atoms with E-state index in [0.717, 1.165) is 12.8 Å². The number of ether oxygens (including phenoxy) is 1. The molecule has 0 bridgehead atoms. The third kappa shape index (κ3) is 4.04. The standard InChI is InChI=1S/C13H28N2O/c1-12(2,3)9-6-11(15-14)10-13(16-4)7-5-8-13/h11,15H,5-10,14H2,1-4H3. The van der Waals surface area contributed by atoms with E-state index < -0.39 is 0 Å². The van der Waals surface area contributed by atoms with Gasteiger partial charge in [-0.1, -0.05) is 20.8 Å². The highest BCUT2D eigenvalue weighted by molar-refractivity contribution is 4.92. The first-order chi connectivity index (χ1) is 7.41. The molecule has 1 fully saturated rings. The maximum Gasteiger partial charge on any atom is 0.0694 e. The molecule has 1 aliphatic carbocycles. The predicted octanol–water partition coefficient (Wildman–Crippen LogP) is 2.60. The second-order valence-electron chi connectivity index (χ2n) is 6.41. The molecule has 1 rings (SSSR count). The third-order valence-corrected chi connectivity index (χ3v) is 3.79. The summed E-state index contributed by atoms with van der Waals surface area (Å²) in [5, 5.41) is 0. The van der Waals surface area contributed by atoms with Gasteiger partial charge in [-0.2, -0.15) is 0 Å². The van der Waals surface area contributed by atoms with Crippen LogP contribution in [0.15, 0.2) is 0 Å². The maximum absolute atomic E-state index is 5.64. The van der Waals surface area contributed by atoms with Gasteiger partial charge in [0.2, 0.25) is 0 Å². The lowest BCUT2D eigenvalue weighted by atomic mass is 9.74. The van der Waals surface area contributed by atoms with Crippen molar-refractivity contribution in [3.63, 3.8) is 0 Å². The molecule has 0 radical (unpaired) electrons. The Balaban J connectivity index is 2.36. The van der Waals surface area contributed by atoms with Gasteiger partial charge in [0.15, 0.2) is 0 Å². The van der Waals surface area contributed by atoms with E-state index in [1.165, 1.54) is 25.7 Å². The molecule has 96 valence electrons. The fourth-order valence-corrected chi connectivity index (χ4v) is 2.36. The van der Waals surface area contributed by atoms with Gasteiger partial charge >= 0.3 is 0 Å². The molecule has 0 amide bonds. The van der Waals surface area contributed by atoms with Crippen molar-refractivity contribution in [3.8, 4) is 0 Å². The number of rotatable bonds is 6. The summed E-state index contributed by atoms with van der Waals surface area (Å²) >= 11 is 0. The Hall–Kier alpha value is -0.120. The second-order valence-corrected chi connectivity index (χ2v) is 6.41. The van der Waals surface area contributed by atoms with Crippen molar-refractivity contribution < 1.29 is 4.74 Å². The first-order valence-corrected chi connectivity index (χ1v) is 6.42. The molecule has 16 heavy (non-hydrogen) atoms. The van der Waals surface area contributed by atoms with E-state index in [4.69, 9.17) is 10.6 Å². The molecule has 1 aliphatic rings. The van der Waals surface area contributed by atoms with E-state index in [9.17, 15) is 0 Å². The van der Waals surface area contributed by atoms with Crippen LogP contribution in [0.1, 0.15) is 59.3 Å². The minimum absolute atomic E-state index is 0.120. The molecule has 1 saturated carbocycles. The highest BCUT2D eigenvalue weighted by atomic mass is 16.5. The molecule has 0 saturated heterocycles. The van der Waals surface area contributed by atoms with Crippen LogP contribution in [0.2, 0.25) is 0 Å². The Kier molecular flexibility index (Phi) is 4.77. The van der Waals surface area contributed by atoms with Crippen molar-refractivity contribution in [1.82, 2.24) is 5.43 Å². The molecule has 1 unspecified atom stereocenters. The molecule has 0 aliphatic heterocycles. The van der Waals surface area contributed by atoms with Crippen molar-refractivity contribution in [3.05, 3.63) is 0 Å². The van der Waals surface area contributed by atoms with Crippen LogP contribution in [0.4, 0.5) is 0 Å². The molecule has 0 aromatic rings. The first-order valence-electron chi connectivity index (χ1n) is 6.42. The average molecular weight is 228 g/mol. The molecule has 0 spiro atoms. The van der Waals surface area contributed by atoms with Gasteiger partial charge in [0.1, 0.15) is 0 Å². The summed E-state index contributed by atoms with van der Waals surface area (Å²) in [4.78, 5) is 0. The second kappa shape index (κ2) is 5.48. The quantitative estimate of drug-likeness (QED) is 0.542. The first kappa shape index (κ1) is 13.9. The lowest BCUT2D eigenvalue weighted by molar-refractivity contribution is -0.0843. The normalized spacial score (nSPS) is 21.6. The van der Waals surface area contributed by atoms with Gasteiger partial charge in [0.25, 0.3) is 0 Å². The van der Waals surface area contributed by atoms with Gasteiger partial charge < -0.3 is 4.74 Å². The number of hydrogen-bond acceptors (Lipinski definition) is 3. The van der Waals surface area contributed by atoms with Gasteiger partial charge in [-0.15, -0.1) is 0 Å². The summed E-state index contributed by atoms with van der Waals surface area (Å²) < 4.78 is 5.64. The van der Waals surface area contributed by atoms with Crippen molar-refractivity contribution >= 4 is 0 Å². The van der Waals surface area contributed by atoms with Crippen LogP contribution in [0.5, 0.6) is 0 Å². The molecule has 0 aromatic carbocycles. The molecule has 3 N–H and O–H groups in total. The van der Waals surface area contributed by atoms with Gasteiger partial charge in [-0.3, -0.25) is 11.3 Å². The number of hydrazine groups is 1. The molecular weight excluding hydrogens is 200 g/mol. The monoisotopic (exact) mass is 228 g/mol. The summed E-state index contributed by atoms with van der Waals surface area (Å²) in [5.41, 5.74) is 3.46. The zero-order chi connectivity index (χ0) is 12.2. The minimum atomic E-state index is 0.120. The average Bonchev–Trinajstić information content (AvgIpc) is 2.15. The van der Waals surface area contributed by atoms with Crippen LogP contribution in [0.3, 0.4) is 0 Å². The molecule has 1 atom stereocenters. The van der Waals surface area contributed by atoms with E-state index in [1.807, 2.05) is 7.11 Å². The van der Waals surface area contributed by atoms with Crippen LogP contribution < -0.4 is 11.3 Å². The fourth-order valence-electron chi connectivity index (χ4n) is 2.36. The fraction of sp³-hybridized carbons (Fsp3) is 1.00. The summed E-state index contributed by atoms with van der Waals surface area (Å²) in [6.07, 6.45) is 7.06. The van der Waals surface area contributed by atoms with Crippen LogP contribution in [-0.2, 0) is 4.74 Å². The molecule has 0 aromatic heterocycles. The Bertz CT molecular complexity index is 201. The SMILES string of the molecule is COC1(CC(CCC(C)(C)C)NN)CCC1. The zero-order valence-electron chi connectivity index (χ0n) is 11.3. The summed E-state index contributed by atoms with van der Waals surface area (Å²) in [5.74, 6) is 5.64. The van der Waals surface area contributed by atoms with Gasteiger partial charge in [-0.05, 0) is 43.9 Å². The Labute approximate surface area is 100 Å². The van der Waals surface area contributed by atoms with Crippen LogP contribution in [-0.4, -0.2) is 18.8 Å². The van der Waals surface area contributed by atoms with Crippen molar-refractivity contribution in [2.45, 2.75) is 70.9 Å². The summed E-state index contributed by atoms with van der Waals surface area (Å²) in [6, 6.07) is 0.388. The van der Waals surface area contributed by atoms with Gasteiger partial charge in [0.05, 0.1) is 5.60 Å². The largest absolute Gasteiger partial charge is 0.378 e. The van der Waals surface area contributed by atoms with Gasteiger partial charge in [-0.25, -0.2) is 0 Å². The minimum Gasteiger partial charge on any atom is -0.378 e. The highest BCUT2D eigenvalue weighted by Gasteiger charge is 2.38. The van der Waals surface area contributed by atoms with E-state index in [2.05, 4.69) is 26.2 Å². The zero-order valence-corrected chi connectivity index (χ0v) is 11.3. The Morgan fingerprint density at radius 3 is 2.31 bits per heavy atom. The van der Waals surface area contributed by atoms with E-state index >= 15 is 0 Å². The highest BCUT2D eigenvalue weighted by Crippen LogP contribution is 2.39. The third-order valence-electron chi connectivity index (χ3n) is 3.79. The molecule has 3 heteroatoms. The predicted molar refractivity (Wildman–Crippen MR) is 68.0 cm³/mol. The Morgan fingerprint density at radius 2 is 2.00 bits per heavy atom. The van der Waals surface area contributed by atoms with E-state index in [-0.39, 0.29) is 5.60 Å². The number of nitrogens with one attached hydrogen (secondary N) is 1. The van der Waals surface area contributed by atoms with Crippen molar-refractivity contribution in [2.75, 3.05) is 7.11 Å². The van der Waals surface area contributed by atoms with Crippen molar-refractivity contribution in [2.24, 2.45) is 11.3 Å². The lowest BCUT2D eigenvalue weighted by Crippen LogP contribution is -2.47. The van der Waals surface area contributed by atoms with Gasteiger partial charge in [0, 0.05) is 13.2 Å². The number of methoxy groups -OCH3 is 1. The number of nitrogens with two attached hydrogens (primary N) is 1. The van der Waals surface area contributed by atoms with E-state index in [1.54, 1.807) is 0 Å². The lowest BCUT2D eigenvalue weighted by Gasteiger charge is -2.43. The van der Waals surface area contributed by atoms with E-state index in [0.29, 0.717) is 11.5 Å². The van der Waals surface area contributed by atoms with Crippen LogP contribution >= 0.6 is 0 Å². The smallest absolute Gasteiger partial charge is 0.0694 e. The molecule has 0 heterocycles. The topological polar surface area (TPSA) is 47.3 Å². The van der Waals surface area contributed by atoms with Crippen LogP contribution in [0.25, 0.3) is 0 Å². The molecular formula is C13H28N2O.